The molecule has 9 nitrogen and oxygen atoms in total. The van der Waals surface area contributed by atoms with Gasteiger partial charge in [0.05, 0.1) is 17.7 Å². The average molecular weight is 490 g/mol. The van der Waals surface area contributed by atoms with Crippen molar-refractivity contribution in [3.05, 3.63) is 57.3 Å². The molecule has 0 bridgehead atoms. The highest BCUT2D eigenvalue weighted by Crippen LogP contribution is 2.26. The van der Waals surface area contributed by atoms with Crippen LogP contribution in [-0.4, -0.2) is 38.5 Å². The lowest BCUT2D eigenvalue weighted by Gasteiger charge is -2.08. The standard InChI is InChI=1S/C22H24ClN5O4S/c1-13-6-5-7-16(23)15(13)10-17(29)18-12-24-22(33-18)27-19-11-21(26-14(2)25-19)32-9-4-3-8-20(30)28-31/h5-7,11-12,31H,3-4,8-10H2,1-2H3,(H,28,30)(H,24,25,26,27). The van der Waals surface area contributed by atoms with Gasteiger partial charge in [-0.3, -0.25) is 14.8 Å². The zero-order valence-electron chi connectivity index (χ0n) is 18.2. The van der Waals surface area contributed by atoms with Crippen molar-refractivity contribution >= 4 is 45.6 Å². The highest BCUT2D eigenvalue weighted by molar-refractivity contribution is 7.17. The van der Waals surface area contributed by atoms with E-state index in [0.717, 1.165) is 11.1 Å². The smallest absolute Gasteiger partial charge is 0.243 e. The molecule has 0 saturated heterocycles. The predicted molar refractivity (Wildman–Crippen MR) is 126 cm³/mol. The molecule has 33 heavy (non-hydrogen) atoms. The number of aromatic nitrogens is 3. The molecular weight excluding hydrogens is 466 g/mol. The van der Waals surface area contributed by atoms with E-state index in [-0.39, 0.29) is 18.6 Å². The third-order valence-corrected chi connectivity index (χ3v) is 6.00. The minimum atomic E-state index is -0.428. The zero-order chi connectivity index (χ0) is 23.8. The molecule has 0 unspecified atom stereocenters. The second-order valence-corrected chi connectivity index (χ2v) is 8.71. The van der Waals surface area contributed by atoms with Crippen molar-refractivity contribution in [2.24, 2.45) is 0 Å². The maximum atomic E-state index is 12.7. The Morgan fingerprint density at radius 1 is 1.21 bits per heavy atom. The third kappa shape index (κ3) is 7.21. The van der Waals surface area contributed by atoms with Crippen molar-refractivity contribution < 1.29 is 19.5 Å². The molecule has 3 aromatic rings. The average Bonchev–Trinajstić information content (AvgIpc) is 3.24. The molecule has 0 spiro atoms. The van der Waals surface area contributed by atoms with Crippen LogP contribution < -0.4 is 15.5 Å². The number of nitrogens with zero attached hydrogens (tertiary/aromatic N) is 3. The number of halogens is 1. The molecule has 2 heterocycles. The van der Waals surface area contributed by atoms with Crippen molar-refractivity contribution in [1.29, 1.82) is 0 Å². The summed E-state index contributed by atoms with van der Waals surface area (Å²) >= 11 is 7.48. The number of nitrogens with one attached hydrogen (secondary N) is 2. The molecule has 11 heteroatoms. The van der Waals surface area contributed by atoms with Crippen LogP contribution in [0.5, 0.6) is 5.88 Å². The van der Waals surface area contributed by atoms with Gasteiger partial charge in [0.25, 0.3) is 0 Å². The number of ketones is 1. The number of Topliss-reactive ketones (excluding diaryl/α,β-unsaturated/α-hetero) is 1. The number of carbonyl (C=O) groups excluding carboxylic acids is 2. The first-order chi connectivity index (χ1) is 15.9. The highest BCUT2D eigenvalue weighted by atomic mass is 35.5. The van der Waals surface area contributed by atoms with Gasteiger partial charge >= 0.3 is 0 Å². The van der Waals surface area contributed by atoms with E-state index >= 15 is 0 Å². The topological polar surface area (TPSA) is 126 Å². The molecule has 1 amide bonds. The Morgan fingerprint density at radius 2 is 2.03 bits per heavy atom. The van der Waals surface area contributed by atoms with Gasteiger partial charge in [-0.25, -0.2) is 15.4 Å². The number of ether oxygens (including phenoxy) is 1. The van der Waals surface area contributed by atoms with Gasteiger partial charge in [-0.2, -0.15) is 4.98 Å². The SMILES string of the molecule is Cc1nc(Nc2ncc(C(=O)Cc3c(C)cccc3Cl)s2)cc(OCCCCC(=O)NO)n1. The van der Waals surface area contributed by atoms with Crippen molar-refractivity contribution in [3.63, 3.8) is 0 Å². The number of unbranched alkanes of at least 4 members (excludes halogenated alkanes) is 1. The Hall–Kier alpha value is -3.08. The Labute approximate surface area is 200 Å². The lowest BCUT2D eigenvalue weighted by Crippen LogP contribution is -2.18. The van der Waals surface area contributed by atoms with Crippen molar-refractivity contribution in [1.82, 2.24) is 20.4 Å². The van der Waals surface area contributed by atoms with Crippen LogP contribution in [0.1, 0.15) is 45.9 Å². The normalized spacial score (nSPS) is 10.7. The van der Waals surface area contributed by atoms with Gasteiger partial charge in [0.2, 0.25) is 11.8 Å². The van der Waals surface area contributed by atoms with Crippen LogP contribution in [-0.2, 0) is 11.2 Å². The van der Waals surface area contributed by atoms with E-state index in [0.29, 0.717) is 52.0 Å². The number of thiazole rings is 1. The minimum absolute atomic E-state index is 0.0606. The van der Waals surface area contributed by atoms with E-state index in [1.165, 1.54) is 17.5 Å². The van der Waals surface area contributed by atoms with Gasteiger partial charge in [0.15, 0.2) is 10.9 Å². The van der Waals surface area contributed by atoms with E-state index in [9.17, 15) is 9.59 Å². The van der Waals surface area contributed by atoms with Crippen molar-refractivity contribution in [2.75, 3.05) is 11.9 Å². The van der Waals surface area contributed by atoms with E-state index < -0.39 is 5.91 Å². The second-order valence-electron chi connectivity index (χ2n) is 7.27. The number of hydrogen-bond acceptors (Lipinski definition) is 9. The fraction of sp³-hybridized carbons (Fsp3) is 0.318. The van der Waals surface area contributed by atoms with Gasteiger partial charge in [0.1, 0.15) is 11.6 Å². The zero-order valence-corrected chi connectivity index (χ0v) is 19.8. The molecule has 2 aromatic heterocycles. The molecule has 0 aliphatic carbocycles. The van der Waals surface area contributed by atoms with Crippen LogP contribution in [0.3, 0.4) is 0 Å². The van der Waals surface area contributed by atoms with Crippen molar-refractivity contribution in [3.8, 4) is 5.88 Å². The number of amides is 1. The molecule has 174 valence electrons. The van der Waals surface area contributed by atoms with E-state index in [4.69, 9.17) is 21.5 Å². The summed E-state index contributed by atoms with van der Waals surface area (Å²) in [4.78, 5) is 37.1. The molecule has 3 N–H and O–H groups in total. The number of anilines is 2. The maximum absolute atomic E-state index is 12.7. The van der Waals surface area contributed by atoms with Crippen molar-refractivity contribution in [2.45, 2.75) is 39.5 Å². The molecule has 0 radical (unpaired) electrons. The first kappa shape index (κ1) is 24.6. The molecular formula is C22H24ClN5O4S. The summed E-state index contributed by atoms with van der Waals surface area (Å²) < 4.78 is 5.64. The third-order valence-electron chi connectivity index (χ3n) is 4.69. The number of hydrogen-bond donors (Lipinski definition) is 3. The van der Waals surface area contributed by atoms with E-state index in [2.05, 4.69) is 20.3 Å². The predicted octanol–water partition coefficient (Wildman–Crippen LogP) is 4.43. The van der Waals surface area contributed by atoms with Crippen LogP contribution in [0.25, 0.3) is 0 Å². The summed E-state index contributed by atoms with van der Waals surface area (Å²) in [5.41, 5.74) is 3.39. The summed E-state index contributed by atoms with van der Waals surface area (Å²) in [7, 11) is 0. The molecule has 0 aliphatic heterocycles. The van der Waals surface area contributed by atoms with Gasteiger partial charge < -0.3 is 10.1 Å². The van der Waals surface area contributed by atoms with Gasteiger partial charge in [-0.1, -0.05) is 35.1 Å². The van der Waals surface area contributed by atoms with Gasteiger partial charge in [-0.05, 0) is 43.9 Å². The Balaban J connectivity index is 1.59. The minimum Gasteiger partial charge on any atom is -0.478 e. The number of benzene rings is 1. The number of aryl methyl sites for hydroxylation is 2. The Bertz CT molecular complexity index is 1120. The lowest BCUT2D eigenvalue weighted by atomic mass is 10.0. The summed E-state index contributed by atoms with van der Waals surface area (Å²) in [6.07, 6.45) is 3.16. The monoisotopic (exact) mass is 489 g/mol. The van der Waals surface area contributed by atoms with Gasteiger partial charge in [0, 0.05) is 23.9 Å². The van der Waals surface area contributed by atoms with Crippen LogP contribution in [0.4, 0.5) is 10.9 Å². The molecule has 1 aromatic carbocycles. The summed E-state index contributed by atoms with van der Waals surface area (Å²) in [6, 6.07) is 7.21. The van der Waals surface area contributed by atoms with Crippen LogP contribution in [0, 0.1) is 13.8 Å². The maximum Gasteiger partial charge on any atom is 0.243 e. The summed E-state index contributed by atoms with van der Waals surface area (Å²) in [5.74, 6) is 0.903. The lowest BCUT2D eigenvalue weighted by molar-refractivity contribution is -0.129. The molecule has 0 aliphatic rings. The summed E-state index contributed by atoms with van der Waals surface area (Å²) in [6.45, 7) is 4.04. The molecule has 0 saturated carbocycles. The number of carbonyl (C=O) groups is 2. The fourth-order valence-corrected chi connectivity index (χ4v) is 4.06. The Kier molecular flexibility index (Phi) is 8.70. The Morgan fingerprint density at radius 3 is 2.79 bits per heavy atom. The number of rotatable bonds is 11. The largest absolute Gasteiger partial charge is 0.478 e. The quantitative estimate of drug-likeness (QED) is 0.156. The molecule has 0 atom stereocenters. The number of hydroxylamine groups is 1. The summed E-state index contributed by atoms with van der Waals surface area (Å²) in [5, 5.41) is 12.7. The fourth-order valence-electron chi connectivity index (χ4n) is 3.01. The highest BCUT2D eigenvalue weighted by Gasteiger charge is 2.15. The van der Waals surface area contributed by atoms with Gasteiger partial charge in [-0.15, -0.1) is 0 Å². The first-order valence-electron chi connectivity index (χ1n) is 10.3. The first-order valence-corrected chi connectivity index (χ1v) is 11.5. The van der Waals surface area contributed by atoms with Crippen LogP contribution >= 0.6 is 22.9 Å². The van der Waals surface area contributed by atoms with E-state index in [1.54, 1.807) is 24.5 Å². The van der Waals surface area contributed by atoms with Crippen LogP contribution in [0.15, 0.2) is 30.5 Å². The van der Waals surface area contributed by atoms with Crippen LogP contribution in [0.2, 0.25) is 5.02 Å². The molecule has 3 rings (SSSR count). The molecule has 0 fully saturated rings. The second kappa shape index (κ2) is 11.7. The van der Waals surface area contributed by atoms with E-state index in [1.807, 2.05) is 19.1 Å².